The van der Waals surface area contributed by atoms with Crippen LogP contribution >= 0.6 is 11.6 Å². The van der Waals surface area contributed by atoms with Crippen molar-refractivity contribution in [3.8, 4) is 17.1 Å². The molecule has 0 aliphatic carbocycles. The summed E-state index contributed by atoms with van der Waals surface area (Å²) in [5.41, 5.74) is 0.829. The number of benzene rings is 2. The van der Waals surface area contributed by atoms with Crippen LogP contribution in [0.1, 0.15) is 0 Å². The van der Waals surface area contributed by atoms with Crippen molar-refractivity contribution in [1.29, 1.82) is 0 Å². The van der Waals surface area contributed by atoms with Crippen LogP contribution in [-0.2, 0) is 4.79 Å². The number of hydrogen-bond acceptors (Lipinski definition) is 3. The Morgan fingerprint density at radius 3 is 2.23 bits per heavy atom. The van der Waals surface area contributed by atoms with Gasteiger partial charge < -0.3 is 0 Å². The summed E-state index contributed by atoms with van der Waals surface area (Å²) in [5, 5.41) is 5.94. The molecule has 0 aliphatic heterocycles. The Labute approximate surface area is 149 Å². The van der Waals surface area contributed by atoms with Crippen molar-refractivity contribution in [3.63, 3.8) is 0 Å². The molecule has 1 heterocycles. The summed E-state index contributed by atoms with van der Waals surface area (Å²) in [6.07, 6.45) is -5.08. The molecule has 5 nitrogen and oxygen atoms in total. The van der Waals surface area contributed by atoms with Crippen molar-refractivity contribution >= 4 is 23.5 Å². The predicted molar refractivity (Wildman–Crippen MR) is 86.4 cm³/mol. The fraction of sp³-hybridized carbons (Fsp3) is 0.0625. The molecular formula is C16H9ClF4N4O. The van der Waals surface area contributed by atoms with E-state index in [-0.39, 0.29) is 5.82 Å². The molecule has 134 valence electrons. The van der Waals surface area contributed by atoms with E-state index in [4.69, 9.17) is 11.6 Å². The number of carbonyl (C=O) groups excluding carboxylic acids is 1. The highest BCUT2D eigenvalue weighted by Gasteiger charge is 2.39. The second-order valence-corrected chi connectivity index (χ2v) is 5.54. The number of alkyl halides is 3. The molecule has 1 amide bonds. The number of nitrogens with one attached hydrogen (secondary N) is 1. The summed E-state index contributed by atoms with van der Waals surface area (Å²) in [6.45, 7) is 0. The third-order valence-corrected chi connectivity index (χ3v) is 3.52. The Morgan fingerprint density at radius 1 is 1.04 bits per heavy atom. The third-order valence-electron chi connectivity index (χ3n) is 3.26. The highest BCUT2D eigenvalue weighted by atomic mass is 35.5. The van der Waals surface area contributed by atoms with Gasteiger partial charge in [0.25, 0.3) is 0 Å². The summed E-state index contributed by atoms with van der Waals surface area (Å²) in [7, 11) is 0. The quantitative estimate of drug-likeness (QED) is 0.687. The number of hydrogen-bond donors (Lipinski definition) is 1. The van der Waals surface area contributed by atoms with Gasteiger partial charge in [-0.25, -0.2) is 9.07 Å². The highest BCUT2D eigenvalue weighted by molar-refractivity contribution is 6.30. The molecule has 26 heavy (non-hydrogen) atoms. The molecule has 0 atom stereocenters. The molecule has 3 rings (SSSR count). The zero-order valence-corrected chi connectivity index (χ0v) is 13.5. The van der Waals surface area contributed by atoms with Gasteiger partial charge in [-0.2, -0.15) is 18.2 Å². The van der Waals surface area contributed by atoms with Gasteiger partial charge in [-0.1, -0.05) is 11.6 Å². The monoisotopic (exact) mass is 384 g/mol. The summed E-state index contributed by atoms with van der Waals surface area (Å²) in [5.74, 6) is -3.11. The Balaban J connectivity index is 2.07. The van der Waals surface area contributed by atoms with Gasteiger partial charge in [0.05, 0.1) is 5.69 Å². The van der Waals surface area contributed by atoms with Crippen molar-refractivity contribution in [2.45, 2.75) is 6.18 Å². The summed E-state index contributed by atoms with van der Waals surface area (Å²) < 4.78 is 51.7. The lowest BCUT2D eigenvalue weighted by molar-refractivity contribution is -0.167. The molecule has 10 heteroatoms. The Kier molecular flexibility index (Phi) is 4.64. The molecule has 3 aromatic rings. The van der Waals surface area contributed by atoms with Gasteiger partial charge in [0.2, 0.25) is 5.95 Å². The summed E-state index contributed by atoms with van der Waals surface area (Å²) in [4.78, 5) is 15.1. The summed E-state index contributed by atoms with van der Waals surface area (Å²) >= 11 is 5.83. The fourth-order valence-electron chi connectivity index (χ4n) is 2.09. The van der Waals surface area contributed by atoms with E-state index >= 15 is 0 Å². The molecule has 0 aliphatic rings. The molecule has 2 aromatic carbocycles. The van der Waals surface area contributed by atoms with Gasteiger partial charge in [-0.3, -0.25) is 10.1 Å². The van der Waals surface area contributed by atoms with E-state index in [1.54, 1.807) is 29.6 Å². The first-order valence-electron chi connectivity index (χ1n) is 7.11. The number of nitrogens with zero attached hydrogens (tertiary/aromatic N) is 3. The van der Waals surface area contributed by atoms with E-state index in [2.05, 4.69) is 10.1 Å². The van der Waals surface area contributed by atoms with E-state index in [1.807, 2.05) is 0 Å². The van der Waals surface area contributed by atoms with Crippen LogP contribution in [0.25, 0.3) is 17.1 Å². The Bertz CT molecular complexity index is 873. The van der Waals surface area contributed by atoms with Gasteiger partial charge in [0.1, 0.15) is 5.82 Å². The Hall–Kier alpha value is -2.94. The number of halogens is 5. The van der Waals surface area contributed by atoms with E-state index < -0.39 is 23.8 Å². The van der Waals surface area contributed by atoms with Crippen LogP contribution in [0.15, 0.2) is 48.5 Å². The molecular weight excluding hydrogens is 376 g/mol. The minimum Gasteiger partial charge on any atom is -0.285 e. The lowest BCUT2D eigenvalue weighted by atomic mass is 10.2. The minimum absolute atomic E-state index is 0.116. The highest BCUT2D eigenvalue weighted by Crippen LogP contribution is 2.25. The first-order chi connectivity index (χ1) is 12.2. The van der Waals surface area contributed by atoms with E-state index in [0.717, 1.165) is 0 Å². The second kappa shape index (κ2) is 6.75. The van der Waals surface area contributed by atoms with Crippen LogP contribution in [0, 0.1) is 5.82 Å². The maximum Gasteiger partial charge on any atom is 0.471 e. The molecule has 1 N–H and O–H groups in total. The standard InChI is InChI=1S/C16H9ClF4N4O/c17-10-3-7-12(8-4-10)25-13(9-1-5-11(18)6-2-9)22-15(24-25)23-14(26)16(19,20)21/h1-8H,(H,23,24,26). The van der Waals surface area contributed by atoms with Crippen LogP contribution in [-0.4, -0.2) is 26.8 Å². The molecule has 0 radical (unpaired) electrons. The largest absolute Gasteiger partial charge is 0.471 e. The van der Waals surface area contributed by atoms with Gasteiger partial charge in [-0.05, 0) is 48.5 Å². The van der Waals surface area contributed by atoms with Crippen LogP contribution in [0.2, 0.25) is 5.02 Å². The number of anilines is 1. The topological polar surface area (TPSA) is 59.8 Å². The average Bonchev–Trinajstić information content (AvgIpc) is 2.99. The molecule has 0 saturated heterocycles. The van der Waals surface area contributed by atoms with Crippen molar-refractivity contribution < 1.29 is 22.4 Å². The molecule has 0 unspecified atom stereocenters. The number of aromatic nitrogens is 3. The van der Waals surface area contributed by atoms with E-state index in [9.17, 15) is 22.4 Å². The Morgan fingerprint density at radius 2 is 1.65 bits per heavy atom. The van der Waals surface area contributed by atoms with Crippen LogP contribution in [0.3, 0.4) is 0 Å². The first kappa shape index (κ1) is 17.9. The van der Waals surface area contributed by atoms with Crippen molar-refractivity contribution in [3.05, 3.63) is 59.4 Å². The predicted octanol–water partition coefficient (Wildman–Crippen LogP) is 4.23. The number of amides is 1. The first-order valence-corrected chi connectivity index (χ1v) is 7.49. The molecule has 0 saturated carbocycles. The lowest BCUT2D eigenvalue weighted by Crippen LogP contribution is -2.30. The third kappa shape index (κ3) is 3.83. The zero-order valence-electron chi connectivity index (χ0n) is 12.8. The molecule has 0 fully saturated rings. The maximum atomic E-state index is 13.1. The average molecular weight is 385 g/mol. The van der Waals surface area contributed by atoms with Gasteiger partial charge in [0.15, 0.2) is 5.82 Å². The smallest absolute Gasteiger partial charge is 0.285 e. The van der Waals surface area contributed by atoms with Gasteiger partial charge in [0, 0.05) is 10.6 Å². The molecule has 0 spiro atoms. The van der Waals surface area contributed by atoms with Crippen molar-refractivity contribution in [2.75, 3.05) is 5.32 Å². The SMILES string of the molecule is O=C(Nc1nc(-c2ccc(F)cc2)n(-c2ccc(Cl)cc2)n1)C(F)(F)F. The van der Waals surface area contributed by atoms with E-state index in [1.165, 1.54) is 28.9 Å². The van der Waals surface area contributed by atoms with Crippen molar-refractivity contribution in [1.82, 2.24) is 14.8 Å². The fourth-order valence-corrected chi connectivity index (χ4v) is 2.21. The number of carbonyl (C=O) groups is 1. The molecule has 1 aromatic heterocycles. The van der Waals surface area contributed by atoms with Crippen LogP contribution in [0.4, 0.5) is 23.5 Å². The number of rotatable bonds is 3. The van der Waals surface area contributed by atoms with E-state index in [0.29, 0.717) is 16.3 Å². The normalized spacial score (nSPS) is 11.4. The summed E-state index contributed by atoms with van der Waals surface area (Å²) in [6, 6.07) is 11.4. The molecule has 0 bridgehead atoms. The lowest BCUT2D eigenvalue weighted by Gasteiger charge is -2.06. The second-order valence-electron chi connectivity index (χ2n) is 5.11. The van der Waals surface area contributed by atoms with Crippen molar-refractivity contribution in [2.24, 2.45) is 0 Å². The van der Waals surface area contributed by atoms with Gasteiger partial charge in [-0.15, -0.1) is 5.10 Å². The van der Waals surface area contributed by atoms with Crippen LogP contribution < -0.4 is 5.32 Å². The minimum atomic E-state index is -5.08. The van der Waals surface area contributed by atoms with Crippen LogP contribution in [0.5, 0.6) is 0 Å². The zero-order chi connectivity index (χ0) is 18.9. The van der Waals surface area contributed by atoms with Gasteiger partial charge >= 0.3 is 12.1 Å². The maximum absolute atomic E-state index is 13.1.